The highest BCUT2D eigenvalue weighted by molar-refractivity contribution is 7.92. The predicted molar refractivity (Wildman–Crippen MR) is 105 cm³/mol. The number of aryl methyl sites for hydroxylation is 1. The summed E-state index contributed by atoms with van der Waals surface area (Å²) in [5.41, 5.74) is 1.08. The highest BCUT2D eigenvalue weighted by Gasteiger charge is 2.25. The number of sulfonamides is 1. The van der Waals surface area contributed by atoms with Gasteiger partial charge in [-0.05, 0) is 13.0 Å². The minimum atomic E-state index is -3.32. The number of amides is 1. The molecule has 2 aromatic rings. The molecule has 9 nitrogen and oxygen atoms in total. The van der Waals surface area contributed by atoms with Crippen LogP contribution in [0.25, 0.3) is 0 Å². The second kappa shape index (κ2) is 8.17. The second-order valence-corrected chi connectivity index (χ2v) is 9.02. The first-order valence-electron chi connectivity index (χ1n) is 9.17. The maximum absolute atomic E-state index is 12.5. The lowest BCUT2D eigenvalue weighted by Gasteiger charge is -2.31. The van der Waals surface area contributed by atoms with E-state index in [1.54, 1.807) is 48.1 Å². The number of rotatable bonds is 6. The number of likely N-dealkylation sites (tertiary alicyclic amines) is 1. The standard InChI is InChI=1S/C18H25N5O4S/c1-4-28(25,26)22(3)15-5-6-17(19-12-15)27-16-7-9-23(10-8-16)18(24)14-11-20-21(2)13-14/h5-6,11-13,16H,4,7-10H2,1-3H3. The number of carbonyl (C=O) groups excluding carboxylic acids is 1. The van der Waals surface area contributed by atoms with Gasteiger partial charge in [0, 0.05) is 52.3 Å². The molecular formula is C18H25N5O4S. The summed E-state index contributed by atoms with van der Waals surface area (Å²) in [7, 11) is -0.0303. The van der Waals surface area contributed by atoms with Crippen LogP contribution in [0.1, 0.15) is 30.1 Å². The maximum Gasteiger partial charge on any atom is 0.257 e. The van der Waals surface area contributed by atoms with Crippen molar-refractivity contribution in [3.8, 4) is 5.88 Å². The number of anilines is 1. The molecule has 1 aliphatic heterocycles. The van der Waals surface area contributed by atoms with Gasteiger partial charge >= 0.3 is 0 Å². The zero-order valence-corrected chi connectivity index (χ0v) is 17.1. The molecule has 3 heterocycles. The van der Waals surface area contributed by atoms with Gasteiger partial charge in [0.15, 0.2) is 0 Å². The fraction of sp³-hybridized carbons (Fsp3) is 0.500. The third kappa shape index (κ3) is 4.44. The highest BCUT2D eigenvalue weighted by Crippen LogP contribution is 2.22. The molecule has 1 saturated heterocycles. The van der Waals surface area contributed by atoms with Crippen LogP contribution >= 0.6 is 0 Å². The molecule has 0 N–H and O–H groups in total. The van der Waals surface area contributed by atoms with E-state index in [0.717, 1.165) is 0 Å². The van der Waals surface area contributed by atoms with Crippen LogP contribution in [0.2, 0.25) is 0 Å². The summed E-state index contributed by atoms with van der Waals surface area (Å²) in [5, 5.41) is 4.04. The Morgan fingerprint density at radius 1 is 1.29 bits per heavy atom. The lowest BCUT2D eigenvalue weighted by molar-refractivity contribution is 0.0588. The second-order valence-electron chi connectivity index (χ2n) is 6.73. The molecule has 28 heavy (non-hydrogen) atoms. The first kappa shape index (κ1) is 20.1. The molecule has 0 saturated carbocycles. The average Bonchev–Trinajstić information content (AvgIpc) is 3.14. The van der Waals surface area contributed by atoms with Crippen LogP contribution in [-0.4, -0.2) is 66.0 Å². The van der Waals surface area contributed by atoms with E-state index in [9.17, 15) is 13.2 Å². The van der Waals surface area contributed by atoms with E-state index in [1.807, 2.05) is 0 Å². The van der Waals surface area contributed by atoms with Crippen LogP contribution in [0, 0.1) is 0 Å². The molecule has 3 rings (SSSR count). The zero-order valence-electron chi connectivity index (χ0n) is 16.3. The van der Waals surface area contributed by atoms with E-state index in [-0.39, 0.29) is 17.8 Å². The SMILES string of the molecule is CCS(=O)(=O)N(C)c1ccc(OC2CCN(C(=O)c3cnn(C)c3)CC2)nc1. The van der Waals surface area contributed by atoms with Crippen molar-refractivity contribution in [1.82, 2.24) is 19.7 Å². The summed E-state index contributed by atoms with van der Waals surface area (Å²) in [6.45, 7) is 2.81. The molecular weight excluding hydrogens is 382 g/mol. The molecule has 2 aromatic heterocycles. The number of aromatic nitrogens is 3. The summed E-state index contributed by atoms with van der Waals surface area (Å²) in [5.74, 6) is 0.454. The lowest BCUT2D eigenvalue weighted by atomic mass is 10.1. The fourth-order valence-corrected chi connectivity index (χ4v) is 3.86. The normalized spacial score (nSPS) is 15.5. The minimum absolute atomic E-state index is 0.0193. The van der Waals surface area contributed by atoms with Gasteiger partial charge in [0.1, 0.15) is 6.10 Å². The molecule has 1 aliphatic rings. The Kier molecular flexibility index (Phi) is 5.87. The topological polar surface area (TPSA) is 97.6 Å². The van der Waals surface area contributed by atoms with E-state index in [1.165, 1.54) is 17.5 Å². The van der Waals surface area contributed by atoms with Gasteiger partial charge in [-0.1, -0.05) is 0 Å². The fourth-order valence-electron chi connectivity index (χ4n) is 3.04. The van der Waals surface area contributed by atoms with Crippen molar-refractivity contribution >= 4 is 21.6 Å². The number of ether oxygens (including phenoxy) is 1. The van der Waals surface area contributed by atoms with Crippen molar-refractivity contribution < 1.29 is 17.9 Å². The zero-order chi connectivity index (χ0) is 20.3. The van der Waals surface area contributed by atoms with Crippen molar-refractivity contribution in [2.24, 2.45) is 7.05 Å². The number of carbonyl (C=O) groups is 1. The molecule has 10 heteroatoms. The Bertz CT molecular complexity index is 918. The largest absolute Gasteiger partial charge is 0.474 e. The van der Waals surface area contributed by atoms with Crippen LogP contribution in [0.3, 0.4) is 0 Å². The molecule has 0 aliphatic carbocycles. The van der Waals surface area contributed by atoms with Crippen molar-refractivity contribution in [3.63, 3.8) is 0 Å². The summed E-state index contributed by atoms with van der Waals surface area (Å²) in [4.78, 5) is 18.5. The van der Waals surface area contributed by atoms with Crippen LogP contribution in [0.4, 0.5) is 5.69 Å². The van der Waals surface area contributed by atoms with Gasteiger partial charge < -0.3 is 9.64 Å². The van der Waals surface area contributed by atoms with Crippen LogP contribution in [0.5, 0.6) is 5.88 Å². The van der Waals surface area contributed by atoms with E-state index in [0.29, 0.717) is 43.1 Å². The summed E-state index contributed by atoms with van der Waals surface area (Å²) >= 11 is 0. The summed E-state index contributed by atoms with van der Waals surface area (Å²) < 4.78 is 32.6. The molecule has 1 amide bonds. The first-order valence-corrected chi connectivity index (χ1v) is 10.8. The number of pyridine rings is 1. The lowest BCUT2D eigenvalue weighted by Crippen LogP contribution is -2.41. The van der Waals surface area contributed by atoms with Gasteiger partial charge in [-0.15, -0.1) is 0 Å². The van der Waals surface area contributed by atoms with Crippen LogP contribution in [-0.2, 0) is 17.1 Å². The molecule has 0 aromatic carbocycles. The molecule has 0 unspecified atom stereocenters. The van der Waals surface area contributed by atoms with Gasteiger partial charge in [-0.2, -0.15) is 5.10 Å². The van der Waals surface area contributed by atoms with Crippen molar-refractivity contribution in [1.29, 1.82) is 0 Å². The monoisotopic (exact) mass is 407 g/mol. The molecule has 0 bridgehead atoms. The molecule has 0 radical (unpaired) electrons. The van der Waals surface area contributed by atoms with E-state index < -0.39 is 10.0 Å². The van der Waals surface area contributed by atoms with E-state index in [2.05, 4.69) is 10.1 Å². The van der Waals surface area contributed by atoms with Crippen molar-refractivity contribution in [2.45, 2.75) is 25.9 Å². The van der Waals surface area contributed by atoms with E-state index >= 15 is 0 Å². The first-order chi connectivity index (χ1) is 13.3. The number of nitrogens with zero attached hydrogens (tertiary/aromatic N) is 5. The third-order valence-electron chi connectivity index (χ3n) is 4.83. The smallest absolute Gasteiger partial charge is 0.257 e. The molecule has 0 atom stereocenters. The van der Waals surface area contributed by atoms with Crippen molar-refractivity contribution in [3.05, 3.63) is 36.3 Å². The minimum Gasteiger partial charge on any atom is -0.474 e. The quantitative estimate of drug-likeness (QED) is 0.716. The highest BCUT2D eigenvalue weighted by atomic mass is 32.2. The van der Waals surface area contributed by atoms with Gasteiger partial charge in [-0.3, -0.25) is 13.8 Å². The molecule has 0 spiro atoms. The van der Waals surface area contributed by atoms with Gasteiger partial charge in [0.25, 0.3) is 5.91 Å². The van der Waals surface area contributed by atoms with Crippen LogP contribution in [0.15, 0.2) is 30.7 Å². The van der Waals surface area contributed by atoms with E-state index in [4.69, 9.17) is 4.74 Å². The predicted octanol–water partition coefficient (Wildman–Crippen LogP) is 1.28. The Balaban J connectivity index is 1.54. The number of hydrogen-bond donors (Lipinski definition) is 0. The van der Waals surface area contributed by atoms with Crippen LogP contribution < -0.4 is 9.04 Å². The molecule has 1 fully saturated rings. The summed E-state index contributed by atoms with van der Waals surface area (Å²) in [6, 6.07) is 3.35. The van der Waals surface area contributed by atoms with Gasteiger partial charge in [-0.25, -0.2) is 13.4 Å². The Hall–Kier alpha value is -2.62. The number of hydrogen-bond acceptors (Lipinski definition) is 6. The average molecular weight is 407 g/mol. The Labute approximate surface area is 165 Å². The Morgan fingerprint density at radius 3 is 2.54 bits per heavy atom. The van der Waals surface area contributed by atoms with Gasteiger partial charge in [0.05, 0.1) is 29.4 Å². The van der Waals surface area contributed by atoms with Crippen molar-refractivity contribution in [2.75, 3.05) is 30.2 Å². The maximum atomic E-state index is 12.5. The third-order valence-corrected chi connectivity index (χ3v) is 6.61. The summed E-state index contributed by atoms with van der Waals surface area (Å²) in [6.07, 6.45) is 6.16. The Morgan fingerprint density at radius 2 is 2.00 bits per heavy atom. The van der Waals surface area contributed by atoms with Gasteiger partial charge in [0.2, 0.25) is 15.9 Å². The molecule has 152 valence electrons. The number of piperidine rings is 1.